The lowest BCUT2D eigenvalue weighted by molar-refractivity contribution is 0.0387. The fraction of sp³-hybridized carbons (Fsp3) is 0.261. The Hall–Kier alpha value is -2.69. The van der Waals surface area contributed by atoms with Gasteiger partial charge in [-0.15, -0.1) is 0 Å². The number of hydrogen-bond acceptors (Lipinski definition) is 4. The Kier molecular flexibility index (Phi) is 4.46. The Morgan fingerprint density at radius 3 is 2.33 bits per heavy atom. The molecule has 0 saturated carbocycles. The van der Waals surface area contributed by atoms with Crippen molar-refractivity contribution in [1.29, 1.82) is 0 Å². The first-order valence-corrected chi connectivity index (χ1v) is 9.12. The summed E-state index contributed by atoms with van der Waals surface area (Å²) in [5.41, 5.74) is 5.17. The van der Waals surface area contributed by atoms with Crippen molar-refractivity contribution in [2.45, 2.75) is 19.3 Å². The molecule has 0 aliphatic heterocycles. The number of allylic oxidation sites excluding steroid dienone is 4. The minimum absolute atomic E-state index is 0.0217. The van der Waals surface area contributed by atoms with Gasteiger partial charge >= 0.3 is 0 Å². The van der Waals surface area contributed by atoms with Gasteiger partial charge in [0.2, 0.25) is 0 Å². The number of benzene rings is 2. The average molecular weight is 362 g/mol. The number of ketones is 1. The van der Waals surface area contributed by atoms with E-state index in [1.54, 1.807) is 12.1 Å². The van der Waals surface area contributed by atoms with Crippen LogP contribution >= 0.6 is 0 Å². The molecule has 4 nitrogen and oxygen atoms in total. The first-order chi connectivity index (χ1) is 13.0. The third-order valence-corrected chi connectivity index (χ3v) is 5.63. The Labute approximate surface area is 158 Å². The molecule has 27 heavy (non-hydrogen) atoms. The minimum atomic E-state index is -0.744. The van der Waals surface area contributed by atoms with Crippen LogP contribution in [0.15, 0.2) is 54.6 Å². The maximum atomic E-state index is 12.6. The summed E-state index contributed by atoms with van der Waals surface area (Å²) in [6.07, 6.45) is 5.74. The standard InChI is InChI=1S/C23H22O4/c24-13-23(14-25)11-19-4-3-18(10-21(19)22(27)12-23)17-2-1-16(9-17)15-5-7-20(26)8-6-15/h1,3-10,24-26H,2,11-14H2. The number of phenolic OH excluding ortho intramolecular Hbond substituents is 1. The predicted molar refractivity (Wildman–Crippen MR) is 104 cm³/mol. The van der Waals surface area contributed by atoms with Crippen molar-refractivity contribution in [2.24, 2.45) is 5.41 Å². The highest BCUT2D eigenvalue weighted by atomic mass is 16.3. The quantitative estimate of drug-likeness (QED) is 0.779. The van der Waals surface area contributed by atoms with Gasteiger partial charge in [-0.05, 0) is 58.9 Å². The second-order valence-electron chi connectivity index (χ2n) is 7.54. The van der Waals surface area contributed by atoms with Crippen molar-refractivity contribution >= 4 is 16.9 Å². The molecule has 4 heteroatoms. The van der Waals surface area contributed by atoms with E-state index in [2.05, 4.69) is 12.2 Å². The predicted octanol–water partition coefficient (Wildman–Crippen LogP) is 3.36. The largest absolute Gasteiger partial charge is 0.508 e. The number of rotatable bonds is 4. The van der Waals surface area contributed by atoms with E-state index in [0.717, 1.165) is 34.3 Å². The van der Waals surface area contributed by atoms with E-state index >= 15 is 0 Å². The Morgan fingerprint density at radius 1 is 0.926 bits per heavy atom. The molecule has 0 unspecified atom stereocenters. The van der Waals surface area contributed by atoms with Gasteiger partial charge in [-0.3, -0.25) is 4.79 Å². The molecule has 2 aromatic carbocycles. The summed E-state index contributed by atoms with van der Waals surface area (Å²) in [5.74, 6) is 0.225. The van der Waals surface area contributed by atoms with Gasteiger partial charge in [0.15, 0.2) is 5.78 Å². The van der Waals surface area contributed by atoms with Crippen LogP contribution in [0, 0.1) is 5.41 Å². The van der Waals surface area contributed by atoms with Crippen LogP contribution in [0.3, 0.4) is 0 Å². The fourth-order valence-corrected chi connectivity index (χ4v) is 3.95. The lowest BCUT2D eigenvalue weighted by Gasteiger charge is -2.34. The van der Waals surface area contributed by atoms with Crippen LogP contribution < -0.4 is 0 Å². The normalized spacial score (nSPS) is 18.1. The smallest absolute Gasteiger partial charge is 0.163 e. The van der Waals surface area contributed by atoms with Crippen molar-refractivity contribution in [3.8, 4) is 5.75 Å². The van der Waals surface area contributed by atoms with E-state index in [0.29, 0.717) is 12.0 Å². The highest BCUT2D eigenvalue weighted by Crippen LogP contribution is 2.38. The number of carbonyl (C=O) groups is 1. The molecular weight excluding hydrogens is 340 g/mol. The van der Waals surface area contributed by atoms with E-state index in [9.17, 15) is 20.1 Å². The van der Waals surface area contributed by atoms with Crippen LogP contribution in [0.4, 0.5) is 0 Å². The van der Waals surface area contributed by atoms with Gasteiger partial charge in [0.1, 0.15) is 5.75 Å². The third-order valence-electron chi connectivity index (χ3n) is 5.63. The first kappa shape index (κ1) is 17.7. The SMILES string of the molecule is O=C1CC(CO)(CO)Cc2ccc(C3=CC(c4ccc(O)cc4)=CC3)cc21. The molecule has 0 radical (unpaired) electrons. The van der Waals surface area contributed by atoms with Crippen molar-refractivity contribution in [3.63, 3.8) is 0 Å². The molecule has 3 N–H and O–H groups in total. The van der Waals surface area contributed by atoms with Gasteiger partial charge < -0.3 is 15.3 Å². The number of fused-ring (bicyclic) bond motifs is 1. The molecule has 0 bridgehead atoms. The van der Waals surface area contributed by atoms with Gasteiger partial charge in [0.05, 0.1) is 13.2 Å². The van der Waals surface area contributed by atoms with Gasteiger partial charge in [0, 0.05) is 17.4 Å². The van der Waals surface area contributed by atoms with E-state index < -0.39 is 5.41 Å². The summed E-state index contributed by atoms with van der Waals surface area (Å²) in [4.78, 5) is 12.6. The molecule has 0 heterocycles. The highest BCUT2D eigenvalue weighted by molar-refractivity contribution is 6.00. The van der Waals surface area contributed by atoms with E-state index in [1.807, 2.05) is 30.3 Å². The summed E-state index contributed by atoms with van der Waals surface area (Å²) in [7, 11) is 0. The van der Waals surface area contributed by atoms with E-state index in [-0.39, 0.29) is 31.2 Å². The number of hydrogen-bond donors (Lipinski definition) is 3. The molecule has 0 atom stereocenters. The van der Waals surface area contributed by atoms with Crippen molar-refractivity contribution in [2.75, 3.05) is 13.2 Å². The monoisotopic (exact) mass is 362 g/mol. The van der Waals surface area contributed by atoms with Crippen LogP contribution in [0.5, 0.6) is 5.75 Å². The Bertz CT molecular complexity index is 947. The summed E-state index contributed by atoms with van der Waals surface area (Å²) in [6.45, 7) is -0.386. The average Bonchev–Trinajstić information content (AvgIpc) is 3.18. The number of carbonyl (C=O) groups excluding carboxylic acids is 1. The third kappa shape index (κ3) is 3.22. The molecule has 0 saturated heterocycles. The zero-order chi connectivity index (χ0) is 19.0. The molecule has 138 valence electrons. The van der Waals surface area contributed by atoms with Gasteiger partial charge in [-0.2, -0.15) is 0 Å². The van der Waals surface area contributed by atoms with E-state index in [4.69, 9.17) is 0 Å². The molecule has 2 aliphatic rings. The van der Waals surface area contributed by atoms with Crippen LogP contribution in [0.2, 0.25) is 0 Å². The Balaban J connectivity index is 1.62. The molecular formula is C23H22O4. The maximum Gasteiger partial charge on any atom is 0.163 e. The van der Waals surface area contributed by atoms with Crippen molar-refractivity contribution in [1.82, 2.24) is 0 Å². The number of aliphatic hydroxyl groups is 2. The molecule has 2 aromatic rings. The summed E-state index contributed by atoms with van der Waals surface area (Å²) in [5, 5.41) is 28.7. The summed E-state index contributed by atoms with van der Waals surface area (Å²) < 4.78 is 0. The molecule has 4 rings (SSSR count). The number of phenols is 1. The van der Waals surface area contributed by atoms with Gasteiger partial charge in [-0.1, -0.05) is 36.4 Å². The van der Waals surface area contributed by atoms with Crippen LogP contribution in [0.1, 0.15) is 39.9 Å². The molecule has 0 fully saturated rings. The van der Waals surface area contributed by atoms with Crippen LogP contribution in [-0.2, 0) is 6.42 Å². The van der Waals surface area contributed by atoms with Gasteiger partial charge in [-0.25, -0.2) is 0 Å². The summed E-state index contributed by atoms with van der Waals surface area (Å²) in [6, 6.07) is 13.0. The minimum Gasteiger partial charge on any atom is -0.508 e. The van der Waals surface area contributed by atoms with E-state index in [1.165, 1.54) is 0 Å². The number of Topliss-reactive ketones (excluding diaryl/α,β-unsaturated/α-hetero) is 1. The Morgan fingerprint density at radius 2 is 1.63 bits per heavy atom. The van der Waals surface area contributed by atoms with Crippen LogP contribution in [-0.4, -0.2) is 34.3 Å². The lowest BCUT2D eigenvalue weighted by atomic mass is 9.71. The molecule has 0 aromatic heterocycles. The maximum absolute atomic E-state index is 12.6. The van der Waals surface area contributed by atoms with Crippen LogP contribution in [0.25, 0.3) is 11.1 Å². The lowest BCUT2D eigenvalue weighted by Crippen LogP contribution is -2.38. The number of aliphatic hydroxyl groups excluding tert-OH is 2. The summed E-state index contributed by atoms with van der Waals surface area (Å²) >= 11 is 0. The van der Waals surface area contributed by atoms with Gasteiger partial charge in [0.25, 0.3) is 0 Å². The molecule has 0 amide bonds. The zero-order valence-corrected chi connectivity index (χ0v) is 15.0. The second-order valence-corrected chi connectivity index (χ2v) is 7.54. The first-order valence-electron chi connectivity index (χ1n) is 9.12. The zero-order valence-electron chi connectivity index (χ0n) is 15.0. The molecule has 0 spiro atoms. The topological polar surface area (TPSA) is 77.8 Å². The second kappa shape index (κ2) is 6.80. The fourth-order valence-electron chi connectivity index (χ4n) is 3.95. The van der Waals surface area contributed by atoms with Crippen molar-refractivity contribution < 1.29 is 20.1 Å². The van der Waals surface area contributed by atoms with Crippen molar-refractivity contribution in [3.05, 3.63) is 76.9 Å². The number of aromatic hydroxyl groups is 1. The highest BCUT2D eigenvalue weighted by Gasteiger charge is 2.37. The molecule has 2 aliphatic carbocycles.